The van der Waals surface area contributed by atoms with Gasteiger partial charge in [-0.2, -0.15) is 0 Å². The lowest BCUT2D eigenvalue weighted by Gasteiger charge is -2.06. The van der Waals surface area contributed by atoms with E-state index in [1.54, 1.807) is 11.3 Å². The molecule has 112 valence electrons. The Bertz CT molecular complexity index is 807. The normalized spacial score (nSPS) is 10.8. The molecule has 4 nitrogen and oxygen atoms in total. The Hall–Kier alpha value is -1.44. The first kappa shape index (κ1) is 15.5. The monoisotopic (exact) mass is 394 g/mol. The van der Waals surface area contributed by atoms with Gasteiger partial charge in [-0.05, 0) is 17.5 Å². The van der Waals surface area contributed by atoms with E-state index in [0.717, 1.165) is 25.3 Å². The van der Waals surface area contributed by atoms with Gasteiger partial charge in [-0.3, -0.25) is 4.79 Å². The average molecular weight is 395 g/mol. The van der Waals surface area contributed by atoms with E-state index in [1.165, 1.54) is 18.1 Å². The number of benzene rings is 1. The lowest BCUT2D eigenvalue weighted by molar-refractivity contribution is -0.141. The van der Waals surface area contributed by atoms with E-state index in [-0.39, 0.29) is 18.3 Å². The van der Waals surface area contributed by atoms with Gasteiger partial charge in [0.15, 0.2) is 0 Å². The van der Waals surface area contributed by atoms with E-state index >= 15 is 0 Å². The van der Waals surface area contributed by atoms with Crippen LogP contribution in [0.25, 0.3) is 10.2 Å². The molecule has 1 aromatic carbocycles. The number of fused-ring (bicyclic) bond motifs is 1. The highest BCUT2D eigenvalue weighted by atomic mass is 79.9. The second-order valence-corrected chi connectivity index (χ2v) is 7.07. The van der Waals surface area contributed by atoms with Crippen LogP contribution in [-0.2, 0) is 16.1 Å². The summed E-state index contributed by atoms with van der Waals surface area (Å²) in [4.78, 5) is 21.2. The Balaban J connectivity index is 1.56. The topological polar surface area (TPSA) is 52.1 Å². The molecule has 0 saturated carbocycles. The average Bonchev–Trinajstić information content (AvgIpc) is 3.01. The number of aromatic nitrogens is 2. The molecule has 0 aliphatic rings. The highest BCUT2D eigenvalue weighted by Crippen LogP contribution is 2.27. The van der Waals surface area contributed by atoms with Gasteiger partial charge in [0.1, 0.15) is 22.8 Å². The third-order valence-electron chi connectivity index (χ3n) is 2.90. The van der Waals surface area contributed by atoms with Crippen molar-refractivity contribution in [1.82, 2.24) is 9.97 Å². The zero-order chi connectivity index (χ0) is 15.4. The van der Waals surface area contributed by atoms with Crippen LogP contribution in [0.2, 0.25) is 0 Å². The van der Waals surface area contributed by atoms with Gasteiger partial charge >= 0.3 is 5.97 Å². The Kier molecular flexibility index (Phi) is 5.07. The number of hydrogen-bond donors (Lipinski definition) is 0. The molecule has 0 N–H and O–H groups in total. The van der Waals surface area contributed by atoms with Crippen LogP contribution in [-0.4, -0.2) is 21.7 Å². The standard InChI is InChI=1S/C15H11BrN2O2S2/c16-12-4-2-1-3-10(12)7-20-13(19)8-22-15-11-5-6-21-14(11)17-9-18-15/h1-6,9H,7-8H2. The molecule has 0 spiro atoms. The maximum Gasteiger partial charge on any atom is 0.316 e. The number of carbonyl (C=O) groups is 1. The zero-order valence-electron chi connectivity index (χ0n) is 11.4. The Morgan fingerprint density at radius 3 is 3.00 bits per heavy atom. The third-order valence-corrected chi connectivity index (χ3v) is 5.47. The van der Waals surface area contributed by atoms with Crippen molar-refractivity contribution < 1.29 is 9.53 Å². The molecule has 3 aromatic rings. The van der Waals surface area contributed by atoms with Crippen LogP contribution in [0.15, 0.2) is 51.5 Å². The van der Waals surface area contributed by atoms with Crippen LogP contribution in [0.5, 0.6) is 0 Å². The van der Waals surface area contributed by atoms with Gasteiger partial charge in [0.05, 0.1) is 5.75 Å². The van der Waals surface area contributed by atoms with Crippen molar-refractivity contribution >= 4 is 55.2 Å². The summed E-state index contributed by atoms with van der Waals surface area (Å²) in [6.07, 6.45) is 1.52. The predicted octanol–water partition coefficient (Wildman–Crippen LogP) is 4.29. The lowest BCUT2D eigenvalue weighted by atomic mass is 10.2. The molecule has 0 atom stereocenters. The largest absolute Gasteiger partial charge is 0.460 e. The van der Waals surface area contributed by atoms with Gasteiger partial charge in [-0.15, -0.1) is 11.3 Å². The lowest BCUT2D eigenvalue weighted by Crippen LogP contribution is -2.07. The number of carbonyl (C=O) groups excluding carboxylic acids is 1. The van der Waals surface area contributed by atoms with Crippen molar-refractivity contribution in [2.24, 2.45) is 0 Å². The van der Waals surface area contributed by atoms with Crippen LogP contribution in [0.1, 0.15) is 5.56 Å². The van der Waals surface area contributed by atoms with E-state index in [2.05, 4.69) is 25.9 Å². The number of nitrogens with zero attached hydrogens (tertiary/aromatic N) is 2. The summed E-state index contributed by atoms with van der Waals surface area (Å²) in [6.45, 7) is 0.262. The third kappa shape index (κ3) is 3.66. The molecule has 0 radical (unpaired) electrons. The first-order valence-electron chi connectivity index (χ1n) is 6.44. The molecule has 0 unspecified atom stereocenters. The number of thiophene rings is 1. The number of hydrogen-bond acceptors (Lipinski definition) is 6. The number of thioether (sulfide) groups is 1. The second-order valence-electron chi connectivity index (χ2n) is 4.36. The molecule has 3 rings (SSSR count). The first-order chi connectivity index (χ1) is 10.7. The molecule has 0 bridgehead atoms. The first-order valence-corrected chi connectivity index (χ1v) is 9.10. The maximum absolute atomic E-state index is 11.9. The summed E-state index contributed by atoms with van der Waals surface area (Å²) < 4.78 is 6.23. The van der Waals surface area contributed by atoms with Gasteiger partial charge in [-0.25, -0.2) is 9.97 Å². The SMILES string of the molecule is O=C(CSc1ncnc2sccc12)OCc1ccccc1Br. The Morgan fingerprint density at radius 1 is 1.27 bits per heavy atom. The molecule has 0 fully saturated rings. The van der Waals surface area contributed by atoms with Crippen LogP contribution in [0, 0.1) is 0 Å². The fourth-order valence-corrected chi connectivity index (χ4v) is 3.80. The van der Waals surface area contributed by atoms with Crippen LogP contribution in [0.4, 0.5) is 0 Å². The minimum atomic E-state index is -0.261. The zero-order valence-corrected chi connectivity index (χ0v) is 14.6. The smallest absolute Gasteiger partial charge is 0.316 e. The van der Waals surface area contributed by atoms with Gasteiger partial charge in [0.25, 0.3) is 0 Å². The Morgan fingerprint density at radius 2 is 2.14 bits per heavy atom. The van der Waals surface area contributed by atoms with Gasteiger partial charge in [0, 0.05) is 15.4 Å². The van der Waals surface area contributed by atoms with Crippen LogP contribution in [0.3, 0.4) is 0 Å². The van der Waals surface area contributed by atoms with E-state index in [0.29, 0.717) is 0 Å². The summed E-state index contributed by atoms with van der Waals surface area (Å²) in [6, 6.07) is 9.65. The van der Waals surface area contributed by atoms with Crippen molar-refractivity contribution in [3.05, 3.63) is 52.1 Å². The molecule has 2 aromatic heterocycles. The summed E-state index contributed by atoms with van der Waals surface area (Å²) in [5.41, 5.74) is 0.947. The maximum atomic E-state index is 11.9. The summed E-state index contributed by atoms with van der Waals surface area (Å²) in [5, 5.41) is 3.76. The molecule has 0 amide bonds. The number of rotatable bonds is 5. The molecule has 0 aliphatic heterocycles. The van der Waals surface area contributed by atoms with Crippen molar-refractivity contribution in [2.45, 2.75) is 11.6 Å². The van der Waals surface area contributed by atoms with Crippen LogP contribution >= 0.6 is 39.0 Å². The summed E-state index contributed by atoms with van der Waals surface area (Å²) >= 11 is 6.36. The van der Waals surface area contributed by atoms with Gasteiger partial charge < -0.3 is 4.74 Å². The van der Waals surface area contributed by atoms with Crippen LogP contribution < -0.4 is 0 Å². The molecule has 2 heterocycles. The number of halogens is 1. The minimum absolute atomic E-state index is 0.229. The van der Waals surface area contributed by atoms with Gasteiger partial charge in [0.2, 0.25) is 0 Å². The summed E-state index contributed by atoms with van der Waals surface area (Å²) in [5.74, 6) is -0.0328. The predicted molar refractivity (Wildman–Crippen MR) is 92.1 cm³/mol. The molecule has 7 heteroatoms. The van der Waals surface area contributed by atoms with Crippen molar-refractivity contribution in [2.75, 3.05) is 5.75 Å². The molecular weight excluding hydrogens is 384 g/mol. The van der Waals surface area contributed by atoms with E-state index in [9.17, 15) is 4.79 Å². The van der Waals surface area contributed by atoms with Crippen molar-refractivity contribution in [3.63, 3.8) is 0 Å². The quantitative estimate of drug-likeness (QED) is 0.367. The fourth-order valence-electron chi connectivity index (χ4n) is 1.82. The minimum Gasteiger partial charge on any atom is -0.460 e. The molecule has 22 heavy (non-hydrogen) atoms. The Labute approximate surface area is 144 Å². The molecule has 0 aliphatic carbocycles. The second kappa shape index (κ2) is 7.21. The number of esters is 1. The molecular formula is C15H11BrN2O2S2. The molecule has 0 saturated heterocycles. The highest BCUT2D eigenvalue weighted by Gasteiger charge is 2.10. The van der Waals surface area contributed by atoms with E-state index in [4.69, 9.17) is 4.74 Å². The highest BCUT2D eigenvalue weighted by molar-refractivity contribution is 9.10. The van der Waals surface area contributed by atoms with Crippen molar-refractivity contribution in [1.29, 1.82) is 0 Å². The van der Waals surface area contributed by atoms with Gasteiger partial charge in [-0.1, -0.05) is 45.9 Å². The number of ether oxygens (including phenoxy) is 1. The van der Waals surface area contributed by atoms with E-state index in [1.807, 2.05) is 35.7 Å². The fraction of sp³-hybridized carbons (Fsp3) is 0.133. The summed E-state index contributed by atoms with van der Waals surface area (Å²) in [7, 11) is 0. The van der Waals surface area contributed by atoms with E-state index < -0.39 is 0 Å². The van der Waals surface area contributed by atoms with Crippen molar-refractivity contribution in [3.8, 4) is 0 Å².